The van der Waals surface area contributed by atoms with Crippen molar-refractivity contribution >= 4 is 51.3 Å². The summed E-state index contributed by atoms with van der Waals surface area (Å²) in [5.74, 6) is -0.986. The molecule has 1 heterocycles. The molecule has 1 aromatic heterocycles. The molecule has 0 spiro atoms. The fourth-order valence-corrected chi connectivity index (χ4v) is 2.63. The molecule has 0 saturated carbocycles. The van der Waals surface area contributed by atoms with Gasteiger partial charge in [-0.1, -0.05) is 34.5 Å². The molecular weight excluding hydrogens is 295 g/mol. The second-order valence-electron chi connectivity index (χ2n) is 3.49. The first-order valence-electron chi connectivity index (χ1n) is 4.90. The SMILES string of the molecule is Cc1nc(Nc2ccc(Cl)cc2Cl)sc1C(=O)O. The van der Waals surface area contributed by atoms with Gasteiger partial charge in [-0.15, -0.1) is 0 Å². The van der Waals surface area contributed by atoms with Crippen LogP contribution in [0.25, 0.3) is 0 Å². The van der Waals surface area contributed by atoms with E-state index in [0.717, 1.165) is 11.3 Å². The second kappa shape index (κ2) is 5.14. The van der Waals surface area contributed by atoms with E-state index >= 15 is 0 Å². The minimum atomic E-state index is -0.986. The largest absolute Gasteiger partial charge is 0.477 e. The van der Waals surface area contributed by atoms with Crippen molar-refractivity contribution < 1.29 is 9.90 Å². The molecule has 4 nitrogen and oxygen atoms in total. The average Bonchev–Trinajstić information content (AvgIpc) is 2.64. The van der Waals surface area contributed by atoms with Crippen molar-refractivity contribution in [2.75, 3.05) is 5.32 Å². The minimum absolute atomic E-state index is 0.211. The number of aromatic carboxylic acids is 1. The Morgan fingerprint density at radius 1 is 1.44 bits per heavy atom. The number of aryl methyl sites for hydroxylation is 1. The number of carboxylic acids is 1. The van der Waals surface area contributed by atoms with E-state index in [1.54, 1.807) is 25.1 Å². The van der Waals surface area contributed by atoms with Gasteiger partial charge in [-0.05, 0) is 25.1 Å². The number of nitrogens with one attached hydrogen (secondary N) is 1. The molecule has 0 aliphatic carbocycles. The van der Waals surface area contributed by atoms with Crippen LogP contribution in [0.3, 0.4) is 0 Å². The van der Waals surface area contributed by atoms with E-state index in [4.69, 9.17) is 28.3 Å². The van der Waals surface area contributed by atoms with Crippen molar-refractivity contribution in [3.8, 4) is 0 Å². The topological polar surface area (TPSA) is 62.2 Å². The lowest BCUT2D eigenvalue weighted by Crippen LogP contribution is -1.94. The highest BCUT2D eigenvalue weighted by molar-refractivity contribution is 7.17. The maximum Gasteiger partial charge on any atom is 0.347 e. The van der Waals surface area contributed by atoms with Crippen molar-refractivity contribution in [1.29, 1.82) is 0 Å². The summed E-state index contributed by atoms with van der Waals surface area (Å²) < 4.78 is 0. The van der Waals surface area contributed by atoms with E-state index in [2.05, 4.69) is 10.3 Å². The summed E-state index contributed by atoms with van der Waals surface area (Å²) in [7, 11) is 0. The molecule has 2 N–H and O–H groups in total. The van der Waals surface area contributed by atoms with Gasteiger partial charge in [0.05, 0.1) is 16.4 Å². The smallest absolute Gasteiger partial charge is 0.347 e. The molecule has 0 amide bonds. The van der Waals surface area contributed by atoms with Crippen molar-refractivity contribution in [2.45, 2.75) is 6.92 Å². The average molecular weight is 303 g/mol. The zero-order valence-corrected chi connectivity index (χ0v) is 11.5. The van der Waals surface area contributed by atoms with E-state index in [1.807, 2.05) is 0 Å². The van der Waals surface area contributed by atoms with Gasteiger partial charge in [0.2, 0.25) is 0 Å². The lowest BCUT2D eigenvalue weighted by atomic mass is 10.3. The van der Waals surface area contributed by atoms with Gasteiger partial charge in [-0.2, -0.15) is 0 Å². The molecule has 0 aliphatic heterocycles. The number of nitrogens with zero attached hydrogens (tertiary/aromatic N) is 1. The van der Waals surface area contributed by atoms with Gasteiger partial charge in [0.15, 0.2) is 5.13 Å². The van der Waals surface area contributed by atoms with Gasteiger partial charge in [0, 0.05) is 5.02 Å². The standard InChI is InChI=1S/C11H8Cl2N2O2S/c1-5-9(10(16)17)18-11(14-5)15-8-3-2-6(12)4-7(8)13/h2-4H,1H3,(H,14,15)(H,16,17). The van der Waals surface area contributed by atoms with Gasteiger partial charge in [-0.3, -0.25) is 0 Å². The van der Waals surface area contributed by atoms with Crippen LogP contribution >= 0.6 is 34.5 Å². The van der Waals surface area contributed by atoms with Crippen molar-refractivity contribution in [3.63, 3.8) is 0 Å². The predicted molar refractivity (Wildman–Crippen MR) is 73.6 cm³/mol. The number of carbonyl (C=O) groups is 1. The highest BCUT2D eigenvalue weighted by Crippen LogP contribution is 2.31. The van der Waals surface area contributed by atoms with Crippen LogP contribution in [0, 0.1) is 6.92 Å². The molecule has 7 heteroatoms. The highest BCUT2D eigenvalue weighted by Gasteiger charge is 2.14. The number of carboxylic acid groups (broad SMARTS) is 1. The van der Waals surface area contributed by atoms with Gasteiger partial charge in [0.1, 0.15) is 4.88 Å². The normalized spacial score (nSPS) is 10.4. The molecule has 2 aromatic rings. The number of anilines is 2. The van der Waals surface area contributed by atoms with E-state index in [0.29, 0.717) is 26.6 Å². The lowest BCUT2D eigenvalue weighted by molar-refractivity contribution is 0.0701. The molecule has 0 aliphatic rings. The van der Waals surface area contributed by atoms with Crippen LogP contribution in [0.15, 0.2) is 18.2 Å². The maximum absolute atomic E-state index is 10.9. The van der Waals surface area contributed by atoms with Crippen LogP contribution in [-0.2, 0) is 0 Å². The summed E-state index contributed by atoms with van der Waals surface area (Å²) in [6.07, 6.45) is 0. The molecule has 94 valence electrons. The maximum atomic E-state index is 10.9. The highest BCUT2D eigenvalue weighted by atomic mass is 35.5. The van der Waals surface area contributed by atoms with E-state index in [-0.39, 0.29) is 4.88 Å². The molecule has 18 heavy (non-hydrogen) atoms. The van der Waals surface area contributed by atoms with Crippen LogP contribution in [0.2, 0.25) is 10.0 Å². The fourth-order valence-electron chi connectivity index (χ4n) is 1.35. The van der Waals surface area contributed by atoms with Crippen molar-refractivity contribution in [1.82, 2.24) is 4.98 Å². The number of thiazole rings is 1. The summed E-state index contributed by atoms with van der Waals surface area (Å²) in [6, 6.07) is 5.00. The number of rotatable bonds is 3. The third-order valence-electron chi connectivity index (χ3n) is 2.16. The third kappa shape index (κ3) is 2.75. The summed E-state index contributed by atoms with van der Waals surface area (Å²) in [5.41, 5.74) is 1.10. The number of hydrogen-bond acceptors (Lipinski definition) is 4. The van der Waals surface area contributed by atoms with E-state index in [1.165, 1.54) is 0 Å². The van der Waals surface area contributed by atoms with Gasteiger partial charge in [-0.25, -0.2) is 9.78 Å². The van der Waals surface area contributed by atoms with Crippen LogP contribution in [0.1, 0.15) is 15.4 Å². The number of aromatic nitrogens is 1. The van der Waals surface area contributed by atoms with Crippen LogP contribution < -0.4 is 5.32 Å². The summed E-state index contributed by atoms with van der Waals surface area (Å²) in [6.45, 7) is 1.65. The van der Waals surface area contributed by atoms with Crippen LogP contribution in [0.5, 0.6) is 0 Å². The molecular formula is C11H8Cl2N2O2S. The van der Waals surface area contributed by atoms with Crippen molar-refractivity contribution in [3.05, 3.63) is 38.8 Å². The zero-order valence-electron chi connectivity index (χ0n) is 9.20. The van der Waals surface area contributed by atoms with Crippen LogP contribution in [-0.4, -0.2) is 16.1 Å². The molecule has 0 unspecified atom stereocenters. The van der Waals surface area contributed by atoms with Crippen molar-refractivity contribution in [2.24, 2.45) is 0 Å². The Bertz CT molecular complexity index is 613. The Hall–Kier alpha value is -1.30. The van der Waals surface area contributed by atoms with Gasteiger partial charge >= 0.3 is 5.97 Å². The molecule has 0 fully saturated rings. The molecule has 0 atom stereocenters. The second-order valence-corrected chi connectivity index (χ2v) is 5.33. The van der Waals surface area contributed by atoms with E-state index < -0.39 is 5.97 Å². The molecule has 0 bridgehead atoms. The Morgan fingerprint density at radius 2 is 2.17 bits per heavy atom. The fraction of sp³-hybridized carbons (Fsp3) is 0.0909. The zero-order chi connectivity index (χ0) is 13.3. The molecule has 2 rings (SSSR count). The first-order valence-corrected chi connectivity index (χ1v) is 6.47. The van der Waals surface area contributed by atoms with Gasteiger partial charge < -0.3 is 10.4 Å². The quantitative estimate of drug-likeness (QED) is 0.892. The number of hydrogen-bond donors (Lipinski definition) is 2. The Labute approximate surface area is 117 Å². The summed E-state index contributed by atoms with van der Waals surface area (Å²) in [4.78, 5) is 15.2. The number of halogens is 2. The summed E-state index contributed by atoms with van der Waals surface area (Å²) >= 11 is 12.9. The predicted octanol–water partition coefficient (Wildman–Crippen LogP) is 4.20. The monoisotopic (exact) mass is 302 g/mol. The lowest BCUT2D eigenvalue weighted by Gasteiger charge is -2.04. The number of benzene rings is 1. The molecule has 0 radical (unpaired) electrons. The molecule has 1 aromatic carbocycles. The van der Waals surface area contributed by atoms with E-state index in [9.17, 15) is 4.79 Å². The Balaban J connectivity index is 2.29. The first-order chi connectivity index (χ1) is 8.47. The van der Waals surface area contributed by atoms with Gasteiger partial charge in [0.25, 0.3) is 0 Å². The molecule has 0 saturated heterocycles. The summed E-state index contributed by atoms with van der Waals surface area (Å²) in [5, 5.41) is 13.4. The van der Waals surface area contributed by atoms with Crippen LogP contribution in [0.4, 0.5) is 10.8 Å². The Morgan fingerprint density at radius 3 is 2.72 bits per heavy atom. The minimum Gasteiger partial charge on any atom is -0.477 e. The third-order valence-corrected chi connectivity index (χ3v) is 3.77. The first kappa shape index (κ1) is 13.1. The Kier molecular flexibility index (Phi) is 3.75.